The minimum Gasteiger partial charge on any atom is -0.491 e. The normalized spacial score (nSPS) is 12.5. The van der Waals surface area contributed by atoms with Crippen LogP contribution in [0.5, 0.6) is 17.2 Å². The summed E-state index contributed by atoms with van der Waals surface area (Å²) in [6, 6.07) is 11.4. The van der Waals surface area contributed by atoms with E-state index in [2.05, 4.69) is 5.32 Å². The molecule has 0 fully saturated rings. The lowest BCUT2D eigenvalue weighted by Crippen LogP contribution is -2.09. The molecule has 2 aromatic carbocycles. The molecule has 3 rings (SSSR count). The highest BCUT2D eigenvalue weighted by Crippen LogP contribution is 2.34. The van der Waals surface area contributed by atoms with E-state index < -0.39 is 0 Å². The molecule has 22 heavy (non-hydrogen) atoms. The molecule has 116 valence electrons. The summed E-state index contributed by atoms with van der Waals surface area (Å²) in [7, 11) is 0. The Morgan fingerprint density at radius 1 is 1.14 bits per heavy atom. The third-order valence-electron chi connectivity index (χ3n) is 3.24. The highest BCUT2D eigenvalue weighted by atomic mass is 35.5. The van der Waals surface area contributed by atoms with E-state index in [4.69, 9.17) is 25.8 Å². The van der Waals surface area contributed by atoms with Crippen LogP contribution in [0.1, 0.15) is 19.4 Å². The van der Waals surface area contributed by atoms with Crippen LogP contribution in [0.25, 0.3) is 0 Å². The van der Waals surface area contributed by atoms with Crippen LogP contribution < -0.4 is 19.5 Å². The van der Waals surface area contributed by atoms with E-state index in [0.29, 0.717) is 11.6 Å². The van der Waals surface area contributed by atoms with Crippen molar-refractivity contribution < 1.29 is 14.2 Å². The summed E-state index contributed by atoms with van der Waals surface area (Å²) in [4.78, 5) is 0. The lowest BCUT2D eigenvalue weighted by molar-refractivity contribution is 0.174. The molecule has 0 aromatic heterocycles. The Hall–Kier alpha value is -2.07. The average molecular weight is 320 g/mol. The van der Waals surface area contributed by atoms with Crippen molar-refractivity contribution in [3.05, 3.63) is 47.0 Å². The molecule has 1 heterocycles. The molecule has 0 bridgehead atoms. The topological polar surface area (TPSA) is 39.7 Å². The molecule has 0 atom stereocenters. The lowest BCUT2D eigenvalue weighted by atomic mass is 10.2. The number of halogens is 1. The second-order valence-electron chi connectivity index (χ2n) is 5.34. The van der Waals surface area contributed by atoms with Gasteiger partial charge < -0.3 is 19.5 Å². The monoisotopic (exact) mass is 319 g/mol. The number of rotatable bonds is 5. The first-order valence-electron chi connectivity index (χ1n) is 7.20. The standard InChI is InChI=1S/C17H18ClNO3/c1-11(2)22-15-5-3-13(18)7-12(15)9-19-14-4-6-16-17(8-14)21-10-20-16/h3-8,11,19H,9-10H2,1-2H3. The predicted molar refractivity (Wildman–Crippen MR) is 87.1 cm³/mol. The van der Waals surface area contributed by atoms with E-state index in [9.17, 15) is 0 Å². The van der Waals surface area contributed by atoms with Gasteiger partial charge in [-0.3, -0.25) is 0 Å². The van der Waals surface area contributed by atoms with Gasteiger partial charge in [-0.2, -0.15) is 0 Å². The van der Waals surface area contributed by atoms with Crippen LogP contribution in [0.2, 0.25) is 5.02 Å². The molecule has 1 aliphatic rings. The van der Waals surface area contributed by atoms with Gasteiger partial charge >= 0.3 is 0 Å². The summed E-state index contributed by atoms with van der Waals surface area (Å²) >= 11 is 6.09. The lowest BCUT2D eigenvalue weighted by Gasteiger charge is -2.15. The number of benzene rings is 2. The van der Waals surface area contributed by atoms with E-state index in [-0.39, 0.29) is 12.9 Å². The molecule has 0 spiro atoms. The Bertz CT molecular complexity index is 673. The van der Waals surface area contributed by atoms with E-state index in [1.165, 1.54) is 0 Å². The van der Waals surface area contributed by atoms with Crippen molar-refractivity contribution in [1.82, 2.24) is 0 Å². The van der Waals surface area contributed by atoms with Crippen LogP contribution in [-0.4, -0.2) is 12.9 Å². The number of fused-ring (bicyclic) bond motifs is 1. The third kappa shape index (κ3) is 3.39. The van der Waals surface area contributed by atoms with Crippen molar-refractivity contribution in [2.24, 2.45) is 0 Å². The molecule has 0 amide bonds. The fourth-order valence-corrected chi connectivity index (χ4v) is 2.45. The van der Waals surface area contributed by atoms with Gasteiger partial charge in [0.05, 0.1) is 6.10 Å². The minimum atomic E-state index is 0.116. The fraction of sp³-hybridized carbons (Fsp3) is 0.294. The van der Waals surface area contributed by atoms with Crippen molar-refractivity contribution in [2.45, 2.75) is 26.5 Å². The van der Waals surface area contributed by atoms with Crippen LogP contribution in [0.15, 0.2) is 36.4 Å². The molecule has 0 aliphatic carbocycles. The third-order valence-corrected chi connectivity index (χ3v) is 3.48. The summed E-state index contributed by atoms with van der Waals surface area (Å²) in [5, 5.41) is 4.05. The highest BCUT2D eigenvalue weighted by molar-refractivity contribution is 6.30. The number of nitrogens with one attached hydrogen (secondary N) is 1. The number of hydrogen-bond donors (Lipinski definition) is 1. The maximum atomic E-state index is 6.09. The van der Waals surface area contributed by atoms with Crippen molar-refractivity contribution in [3.63, 3.8) is 0 Å². The fourth-order valence-electron chi connectivity index (χ4n) is 2.26. The summed E-state index contributed by atoms with van der Waals surface area (Å²) in [6.07, 6.45) is 0.116. The van der Waals surface area contributed by atoms with Gasteiger partial charge in [0, 0.05) is 28.9 Å². The van der Waals surface area contributed by atoms with Crippen LogP contribution in [0, 0.1) is 0 Å². The molecule has 0 saturated heterocycles. The first kappa shape index (κ1) is 14.9. The number of ether oxygens (including phenoxy) is 3. The van der Waals surface area contributed by atoms with Crippen LogP contribution in [0.3, 0.4) is 0 Å². The van der Waals surface area contributed by atoms with E-state index in [0.717, 1.165) is 28.5 Å². The molecule has 0 unspecified atom stereocenters. The molecular formula is C17H18ClNO3. The van der Waals surface area contributed by atoms with Gasteiger partial charge in [-0.15, -0.1) is 0 Å². The second kappa shape index (κ2) is 6.36. The number of anilines is 1. The summed E-state index contributed by atoms with van der Waals surface area (Å²) in [6.45, 7) is 4.90. The zero-order valence-electron chi connectivity index (χ0n) is 12.6. The Balaban J connectivity index is 1.74. The Morgan fingerprint density at radius 3 is 2.77 bits per heavy atom. The molecule has 1 N–H and O–H groups in total. The van der Waals surface area contributed by atoms with Gasteiger partial charge in [-0.25, -0.2) is 0 Å². The Kier molecular flexibility index (Phi) is 4.29. The van der Waals surface area contributed by atoms with Gasteiger partial charge in [0.2, 0.25) is 6.79 Å². The van der Waals surface area contributed by atoms with E-state index >= 15 is 0 Å². The molecule has 2 aromatic rings. The van der Waals surface area contributed by atoms with Crippen LogP contribution in [-0.2, 0) is 6.54 Å². The maximum absolute atomic E-state index is 6.09. The Morgan fingerprint density at radius 2 is 1.95 bits per heavy atom. The van der Waals surface area contributed by atoms with Gasteiger partial charge in [0.1, 0.15) is 5.75 Å². The van der Waals surface area contributed by atoms with Crippen molar-refractivity contribution in [2.75, 3.05) is 12.1 Å². The van der Waals surface area contributed by atoms with Crippen molar-refractivity contribution >= 4 is 17.3 Å². The van der Waals surface area contributed by atoms with Gasteiger partial charge in [-0.05, 0) is 44.2 Å². The molecule has 1 aliphatic heterocycles. The van der Waals surface area contributed by atoms with E-state index in [1.54, 1.807) is 0 Å². The summed E-state index contributed by atoms with van der Waals surface area (Å²) in [5.74, 6) is 2.37. The quantitative estimate of drug-likeness (QED) is 0.882. The average Bonchev–Trinajstić information content (AvgIpc) is 2.94. The smallest absolute Gasteiger partial charge is 0.231 e. The summed E-state index contributed by atoms with van der Waals surface area (Å²) < 4.78 is 16.5. The van der Waals surface area contributed by atoms with Crippen molar-refractivity contribution in [1.29, 1.82) is 0 Å². The van der Waals surface area contributed by atoms with Crippen LogP contribution in [0.4, 0.5) is 5.69 Å². The second-order valence-corrected chi connectivity index (χ2v) is 5.78. The largest absolute Gasteiger partial charge is 0.491 e. The van der Waals surface area contributed by atoms with E-state index in [1.807, 2.05) is 50.2 Å². The number of hydrogen-bond acceptors (Lipinski definition) is 4. The zero-order valence-corrected chi connectivity index (χ0v) is 13.3. The van der Waals surface area contributed by atoms with Crippen molar-refractivity contribution in [3.8, 4) is 17.2 Å². The maximum Gasteiger partial charge on any atom is 0.231 e. The highest BCUT2D eigenvalue weighted by Gasteiger charge is 2.13. The van der Waals surface area contributed by atoms with Gasteiger partial charge in [0.25, 0.3) is 0 Å². The first-order chi connectivity index (χ1) is 10.6. The SMILES string of the molecule is CC(C)Oc1ccc(Cl)cc1CNc1ccc2c(c1)OCO2. The molecule has 4 nitrogen and oxygen atoms in total. The summed E-state index contributed by atoms with van der Waals surface area (Å²) in [5.41, 5.74) is 1.97. The Labute approximate surface area is 135 Å². The van der Waals surface area contributed by atoms with Crippen LogP contribution >= 0.6 is 11.6 Å². The minimum absolute atomic E-state index is 0.116. The van der Waals surface area contributed by atoms with Gasteiger partial charge in [0.15, 0.2) is 11.5 Å². The van der Waals surface area contributed by atoms with Gasteiger partial charge in [-0.1, -0.05) is 11.6 Å². The zero-order chi connectivity index (χ0) is 15.5. The predicted octanol–water partition coefficient (Wildman–Crippen LogP) is 4.47. The molecule has 5 heteroatoms. The molecule has 0 saturated carbocycles. The first-order valence-corrected chi connectivity index (χ1v) is 7.58. The molecule has 0 radical (unpaired) electrons. The molecular weight excluding hydrogens is 302 g/mol.